The fourth-order valence-electron chi connectivity index (χ4n) is 7.88. The highest BCUT2D eigenvalue weighted by Gasteiger charge is 2.78. The number of unbranched alkanes of at least 4 members (excludes halogenated alkanes) is 2. The number of carbonyl (C=O) groups is 3. The van der Waals surface area contributed by atoms with Crippen LogP contribution in [0.3, 0.4) is 0 Å². The summed E-state index contributed by atoms with van der Waals surface area (Å²) < 4.78 is 6.91. The highest BCUT2D eigenvalue weighted by atomic mass is 16.5. The number of aryl methyl sites for hydroxylation is 2. The van der Waals surface area contributed by atoms with E-state index in [1.807, 2.05) is 69.3 Å². The monoisotopic (exact) mass is 613 g/mol. The van der Waals surface area contributed by atoms with Gasteiger partial charge in [-0.1, -0.05) is 54.6 Å². The Morgan fingerprint density at radius 2 is 1.76 bits per heavy atom. The molecule has 3 saturated heterocycles. The molecule has 3 amide bonds. The number of rotatable bonds is 14. The predicted molar refractivity (Wildman–Crippen MR) is 175 cm³/mol. The third-order valence-corrected chi connectivity index (χ3v) is 9.94. The zero-order chi connectivity index (χ0) is 32.4. The molecule has 5 atom stereocenters. The standard InChI is InChI=1S/C37H47N3O5/c1-6-20-38(25-28-14-10-8-11-15-28)33(42)30-31-34(43)40(22-12-9-13-23-41)32(37(31)19-18-36(30,5)45-37)35(44)39(21-7-2)29-24-26(3)16-17-27(29)4/h6-8,10-11,14-17,24,30-32,41H,1-2,9,12-13,18-23,25H2,3-5H3/t30-,31+,32?,36+,37?/m1/s1. The van der Waals surface area contributed by atoms with Crippen LogP contribution < -0.4 is 4.90 Å². The van der Waals surface area contributed by atoms with E-state index < -0.39 is 29.1 Å². The predicted octanol–water partition coefficient (Wildman–Crippen LogP) is 4.96. The average Bonchev–Trinajstić information content (AvgIpc) is 3.59. The molecule has 5 rings (SSSR count). The number of fused-ring (bicyclic) bond motifs is 1. The molecule has 8 nitrogen and oxygen atoms in total. The maximum Gasteiger partial charge on any atom is 0.253 e. The lowest BCUT2D eigenvalue weighted by molar-refractivity contribution is -0.150. The van der Waals surface area contributed by atoms with E-state index in [1.54, 1.807) is 26.9 Å². The van der Waals surface area contributed by atoms with Gasteiger partial charge in [0.05, 0.1) is 17.4 Å². The highest BCUT2D eigenvalue weighted by molar-refractivity contribution is 6.05. The summed E-state index contributed by atoms with van der Waals surface area (Å²) in [5.74, 6) is -2.06. The van der Waals surface area contributed by atoms with E-state index >= 15 is 0 Å². The molecule has 45 heavy (non-hydrogen) atoms. The fourth-order valence-corrected chi connectivity index (χ4v) is 7.88. The van der Waals surface area contributed by atoms with Gasteiger partial charge in [-0.05, 0) is 75.6 Å². The van der Waals surface area contributed by atoms with E-state index in [4.69, 9.17) is 4.74 Å². The van der Waals surface area contributed by atoms with Crippen LogP contribution in [0.25, 0.3) is 0 Å². The first-order chi connectivity index (χ1) is 21.6. The van der Waals surface area contributed by atoms with Crippen LogP contribution in [0.1, 0.15) is 55.7 Å². The summed E-state index contributed by atoms with van der Waals surface area (Å²) in [7, 11) is 0. The van der Waals surface area contributed by atoms with Crippen molar-refractivity contribution in [2.75, 3.05) is 31.1 Å². The molecular formula is C37H47N3O5. The van der Waals surface area contributed by atoms with Gasteiger partial charge < -0.3 is 24.5 Å². The van der Waals surface area contributed by atoms with Crippen LogP contribution in [0, 0.1) is 25.7 Å². The molecule has 1 N–H and O–H groups in total. The van der Waals surface area contributed by atoms with E-state index in [-0.39, 0.29) is 30.9 Å². The van der Waals surface area contributed by atoms with Gasteiger partial charge in [-0.3, -0.25) is 14.4 Å². The lowest BCUT2D eigenvalue weighted by Crippen LogP contribution is -2.56. The molecule has 3 aliphatic rings. The number of likely N-dealkylation sites (tertiary alicyclic amines) is 1. The molecule has 240 valence electrons. The molecule has 1 spiro atoms. The van der Waals surface area contributed by atoms with Crippen LogP contribution in [-0.2, 0) is 25.7 Å². The number of carbonyl (C=O) groups excluding carboxylic acids is 3. The average molecular weight is 614 g/mol. The molecule has 2 bridgehead atoms. The Balaban J connectivity index is 1.56. The number of ether oxygens (including phenoxy) is 1. The number of amides is 3. The molecule has 2 aromatic carbocycles. The van der Waals surface area contributed by atoms with Crippen LogP contribution in [0.15, 0.2) is 73.8 Å². The Kier molecular flexibility index (Phi) is 9.65. The van der Waals surface area contributed by atoms with Gasteiger partial charge in [0.15, 0.2) is 0 Å². The van der Waals surface area contributed by atoms with Crippen LogP contribution in [0.2, 0.25) is 0 Å². The first-order valence-corrected chi connectivity index (χ1v) is 16.2. The number of benzene rings is 2. The third-order valence-electron chi connectivity index (χ3n) is 9.94. The third kappa shape index (κ3) is 5.86. The second kappa shape index (κ2) is 13.3. The van der Waals surface area contributed by atoms with Crippen molar-refractivity contribution < 1.29 is 24.2 Å². The van der Waals surface area contributed by atoms with Crippen molar-refractivity contribution in [1.82, 2.24) is 9.80 Å². The smallest absolute Gasteiger partial charge is 0.253 e. The molecule has 3 aliphatic heterocycles. The van der Waals surface area contributed by atoms with Crippen LogP contribution in [0.5, 0.6) is 0 Å². The van der Waals surface area contributed by atoms with Crippen molar-refractivity contribution in [2.45, 2.75) is 76.7 Å². The first-order valence-electron chi connectivity index (χ1n) is 16.2. The Labute approximate surface area is 267 Å². The maximum absolute atomic E-state index is 14.9. The van der Waals surface area contributed by atoms with E-state index in [1.165, 1.54) is 0 Å². The van der Waals surface area contributed by atoms with Gasteiger partial charge in [-0.2, -0.15) is 0 Å². The molecule has 2 unspecified atom stereocenters. The molecule has 0 aliphatic carbocycles. The number of aliphatic hydroxyl groups excluding tert-OH is 1. The van der Waals surface area contributed by atoms with E-state index in [0.717, 1.165) is 28.8 Å². The number of anilines is 1. The fraction of sp³-hybridized carbons (Fsp3) is 0.486. The number of nitrogens with zero attached hydrogens (tertiary/aromatic N) is 3. The lowest BCUT2D eigenvalue weighted by atomic mass is 9.66. The molecule has 8 heteroatoms. The first kappa shape index (κ1) is 32.6. The van der Waals surface area contributed by atoms with Gasteiger partial charge >= 0.3 is 0 Å². The lowest BCUT2D eigenvalue weighted by Gasteiger charge is -2.37. The largest absolute Gasteiger partial charge is 0.396 e. The zero-order valence-corrected chi connectivity index (χ0v) is 26.9. The summed E-state index contributed by atoms with van der Waals surface area (Å²) in [5.41, 5.74) is 1.73. The van der Waals surface area contributed by atoms with Crippen molar-refractivity contribution in [3.8, 4) is 0 Å². The van der Waals surface area contributed by atoms with Gasteiger partial charge in [0.25, 0.3) is 5.91 Å². The topological polar surface area (TPSA) is 90.4 Å². The SMILES string of the molecule is C=CCN(Cc1ccccc1)C(=O)[C@H]1[C@H]2C(=O)N(CCCCCO)C(C(=O)N(CC=C)c3cc(C)ccc3C)C23CC[C@]1(C)O3. The summed E-state index contributed by atoms with van der Waals surface area (Å²) in [6, 6.07) is 14.9. The molecule has 2 aromatic rings. The van der Waals surface area contributed by atoms with Crippen LogP contribution in [0.4, 0.5) is 5.69 Å². The van der Waals surface area contributed by atoms with E-state index in [0.29, 0.717) is 45.3 Å². The van der Waals surface area contributed by atoms with Crippen molar-refractivity contribution in [2.24, 2.45) is 11.8 Å². The summed E-state index contributed by atoms with van der Waals surface area (Å²) in [5, 5.41) is 9.38. The quantitative estimate of drug-likeness (QED) is 0.240. The minimum Gasteiger partial charge on any atom is -0.396 e. The summed E-state index contributed by atoms with van der Waals surface area (Å²) in [6.45, 7) is 15.1. The molecule has 0 saturated carbocycles. The normalized spacial score (nSPS) is 26.5. The second-order valence-corrected chi connectivity index (χ2v) is 13.1. The minimum absolute atomic E-state index is 0.0706. The molecule has 0 aromatic heterocycles. The van der Waals surface area contributed by atoms with Crippen LogP contribution >= 0.6 is 0 Å². The van der Waals surface area contributed by atoms with E-state index in [2.05, 4.69) is 13.2 Å². The van der Waals surface area contributed by atoms with Crippen molar-refractivity contribution in [3.05, 3.63) is 90.5 Å². The highest BCUT2D eigenvalue weighted by Crippen LogP contribution is 2.63. The molecule has 3 fully saturated rings. The number of hydrogen-bond donors (Lipinski definition) is 1. The van der Waals surface area contributed by atoms with Gasteiger partial charge in [0.2, 0.25) is 11.8 Å². The van der Waals surface area contributed by atoms with Crippen molar-refractivity contribution >= 4 is 23.4 Å². The van der Waals surface area contributed by atoms with Gasteiger partial charge in [0, 0.05) is 38.5 Å². The van der Waals surface area contributed by atoms with Gasteiger partial charge in [-0.25, -0.2) is 0 Å². The molecule has 3 heterocycles. The number of aliphatic hydroxyl groups is 1. The maximum atomic E-state index is 14.9. The summed E-state index contributed by atoms with van der Waals surface area (Å²) in [6.07, 6.45) is 6.48. The zero-order valence-electron chi connectivity index (χ0n) is 26.9. The Bertz CT molecular complexity index is 1440. The van der Waals surface area contributed by atoms with E-state index in [9.17, 15) is 19.5 Å². The number of hydrogen-bond acceptors (Lipinski definition) is 5. The summed E-state index contributed by atoms with van der Waals surface area (Å²) >= 11 is 0. The van der Waals surface area contributed by atoms with Crippen LogP contribution in [-0.4, -0.2) is 76.1 Å². The minimum atomic E-state index is -1.12. The van der Waals surface area contributed by atoms with Crippen molar-refractivity contribution in [1.29, 1.82) is 0 Å². The van der Waals surface area contributed by atoms with Crippen molar-refractivity contribution in [3.63, 3.8) is 0 Å². The van der Waals surface area contributed by atoms with Gasteiger partial charge in [0.1, 0.15) is 11.6 Å². The van der Waals surface area contributed by atoms with Gasteiger partial charge in [-0.15, -0.1) is 13.2 Å². The Hall–Kier alpha value is -3.75. The molecular weight excluding hydrogens is 566 g/mol. The molecule has 0 radical (unpaired) electrons. The summed E-state index contributed by atoms with van der Waals surface area (Å²) in [4.78, 5) is 49.2. The Morgan fingerprint density at radius 3 is 2.44 bits per heavy atom. The Morgan fingerprint density at radius 1 is 1.02 bits per heavy atom. The second-order valence-electron chi connectivity index (χ2n) is 13.1.